The molecule has 1 heterocycles. The monoisotopic (exact) mass is 261 g/mol. The van der Waals surface area contributed by atoms with E-state index < -0.39 is 0 Å². The molecule has 0 aliphatic heterocycles. The van der Waals surface area contributed by atoms with Crippen LogP contribution < -0.4 is 5.32 Å². The van der Waals surface area contributed by atoms with E-state index in [1.54, 1.807) is 0 Å². The maximum atomic E-state index is 8.98. The summed E-state index contributed by atoms with van der Waals surface area (Å²) in [5.74, 6) is 0.845. The maximum Gasteiger partial charge on any atom is 0.127 e. The summed E-state index contributed by atoms with van der Waals surface area (Å²) in [6.45, 7) is 1.93. The van der Waals surface area contributed by atoms with Crippen LogP contribution in [0.5, 0.6) is 0 Å². The fourth-order valence-corrected chi connectivity index (χ4v) is 3.48. The van der Waals surface area contributed by atoms with Gasteiger partial charge in [-0.05, 0) is 38.2 Å². The number of pyridine rings is 1. The second-order valence-electron chi connectivity index (χ2n) is 4.80. The Morgan fingerprint density at radius 1 is 1.39 bits per heavy atom. The predicted molar refractivity (Wildman–Crippen MR) is 76.9 cm³/mol. The van der Waals surface area contributed by atoms with Crippen LogP contribution in [0.3, 0.4) is 0 Å². The van der Waals surface area contributed by atoms with Crippen LogP contribution in [0.1, 0.15) is 36.9 Å². The second kappa shape index (κ2) is 6.10. The van der Waals surface area contributed by atoms with Crippen LogP contribution in [0.4, 0.5) is 5.82 Å². The highest BCUT2D eigenvalue weighted by atomic mass is 32.2. The highest BCUT2D eigenvalue weighted by molar-refractivity contribution is 7.99. The van der Waals surface area contributed by atoms with Crippen LogP contribution in [0.2, 0.25) is 0 Å². The molecule has 0 bridgehead atoms. The van der Waals surface area contributed by atoms with E-state index in [0.29, 0.717) is 16.9 Å². The van der Waals surface area contributed by atoms with Gasteiger partial charge < -0.3 is 5.32 Å². The summed E-state index contributed by atoms with van der Waals surface area (Å²) in [4.78, 5) is 4.47. The molecule has 0 radical (unpaired) electrons. The molecule has 4 heteroatoms. The molecule has 1 fully saturated rings. The van der Waals surface area contributed by atoms with Crippen molar-refractivity contribution in [2.75, 3.05) is 11.6 Å². The zero-order chi connectivity index (χ0) is 13.0. The first-order chi connectivity index (χ1) is 8.72. The summed E-state index contributed by atoms with van der Waals surface area (Å²) in [7, 11) is 0. The minimum atomic E-state index is 0.481. The standard InChI is InChI=1S/C14H19N3S/c1-10-7-11(9-15)8-14(16-10)17-12-5-3-4-6-13(12)18-2/h7-8,12-13H,3-6H2,1-2H3,(H,16,17). The normalized spacial score (nSPS) is 23.4. The van der Waals surface area contributed by atoms with Gasteiger partial charge >= 0.3 is 0 Å². The van der Waals surface area contributed by atoms with Crippen molar-refractivity contribution in [3.63, 3.8) is 0 Å². The second-order valence-corrected chi connectivity index (χ2v) is 5.88. The zero-order valence-electron chi connectivity index (χ0n) is 10.9. The summed E-state index contributed by atoms with van der Waals surface area (Å²) in [6, 6.07) is 6.33. The van der Waals surface area contributed by atoms with Crippen molar-refractivity contribution in [1.29, 1.82) is 5.26 Å². The molecule has 2 atom stereocenters. The molecule has 1 aliphatic carbocycles. The Morgan fingerprint density at radius 2 is 2.17 bits per heavy atom. The van der Waals surface area contributed by atoms with Gasteiger partial charge in [0.15, 0.2) is 0 Å². The molecule has 0 saturated heterocycles. The lowest BCUT2D eigenvalue weighted by atomic mass is 9.95. The minimum absolute atomic E-state index is 0.481. The van der Waals surface area contributed by atoms with Crippen molar-refractivity contribution in [2.45, 2.75) is 43.9 Å². The fraction of sp³-hybridized carbons (Fsp3) is 0.571. The molecule has 1 aliphatic rings. The molecule has 2 rings (SSSR count). The number of aryl methyl sites for hydroxylation is 1. The average Bonchev–Trinajstić information content (AvgIpc) is 2.38. The van der Waals surface area contributed by atoms with E-state index in [1.165, 1.54) is 25.7 Å². The molecule has 3 nitrogen and oxygen atoms in total. The van der Waals surface area contributed by atoms with Gasteiger partial charge in [-0.2, -0.15) is 17.0 Å². The first-order valence-corrected chi connectivity index (χ1v) is 7.70. The highest BCUT2D eigenvalue weighted by Gasteiger charge is 2.24. The fourth-order valence-electron chi connectivity index (χ4n) is 2.54. The van der Waals surface area contributed by atoms with Gasteiger partial charge in [-0.3, -0.25) is 0 Å². The van der Waals surface area contributed by atoms with E-state index in [9.17, 15) is 0 Å². The van der Waals surface area contributed by atoms with Gasteiger partial charge in [0.1, 0.15) is 5.82 Å². The quantitative estimate of drug-likeness (QED) is 0.906. The van der Waals surface area contributed by atoms with E-state index in [1.807, 2.05) is 30.8 Å². The number of hydrogen-bond donors (Lipinski definition) is 1. The Labute approximate surface area is 113 Å². The number of thioether (sulfide) groups is 1. The van der Waals surface area contributed by atoms with E-state index in [-0.39, 0.29) is 0 Å². The van der Waals surface area contributed by atoms with Crippen LogP contribution in [0, 0.1) is 18.3 Å². The van der Waals surface area contributed by atoms with Gasteiger partial charge in [0.25, 0.3) is 0 Å². The number of anilines is 1. The van der Waals surface area contributed by atoms with Crippen molar-refractivity contribution in [3.05, 3.63) is 23.4 Å². The van der Waals surface area contributed by atoms with Gasteiger partial charge in [0.2, 0.25) is 0 Å². The molecule has 0 amide bonds. The summed E-state index contributed by atoms with van der Waals surface area (Å²) in [6.07, 6.45) is 7.26. The van der Waals surface area contributed by atoms with Crippen molar-refractivity contribution in [3.8, 4) is 6.07 Å². The van der Waals surface area contributed by atoms with Gasteiger partial charge in [0, 0.05) is 17.0 Å². The zero-order valence-corrected chi connectivity index (χ0v) is 11.8. The number of rotatable bonds is 3. The molecular weight excluding hydrogens is 242 g/mol. The van der Waals surface area contributed by atoms with Crippen LogP contribution >= 0.6 is 11.8 Å². The summed E-state index contributed by atoms with van der Waals surface area (Å²) in [5.41, 5.74) is 1.58. The smallest absolute Gasteiger partial charge is 0.127 e. The Balaban J connectivity index is 2.12. The molecule has 2 unspecified atom stereocenters. The molecule has 1 aromatic rings. The first-order valence-electron chi connectivity index (χ1n) is 6.41. The molecular formula is C14H19N3S. The molecule has 0 spiro atoms. The van der Waals surface area contributed by atoms with Gasteiger partial charge in [0.05, 0.1) is 11.6 Å². The Bertz CT molecular complexity index is 453. The van der Waals surface area contributed by atoms with Crippen LogP contribution in [0.25, 0.3) is 0 Å². The molecule has 96 valence electrons. The largest absolute Gasteiger partial charge is 0.366 e. The number of nitrogens with one attached hydrogen (secondary N) is 1. The van der Waals surface area contributed by atoms with Gasteiger partial charge in [-0.1, -0.05) is 12.8 Å². The predicted octanol–water partition coefficient (Wildman–Crippen LogP) is 3.35. The third kappa shape index (κ3) is 3.17. The summed E-state index contributed by atoms with van der Waals surface area (Å²) in [5, 5.41) is 13.2. The number of aromatic nitrogens is 1. The molecule has 1 N–H and O–H groups in total. The van der Waals surface area contributed by atoms with E-state index in [4.69, 9.17) is 5.26 Å². The van der Waals surface area contributed by atoms with Crippen molar-refractivity contribution in [2.24, 2.45) is 0 Å². The Kier molecular flexibility index (Phi) is 4.48. The number of hydrogen-bond acceptors (Lipinski definition) is 4. The topological polar surface area (TPSA) is 48.7 Å². The highest BCUT2D eigenvalue weighted by Crippen LogP contribution is 2.29. The molecule has 18 heavy (non-hydrogen) atoms. The van der Waals surface area contributed by atoms with Gasteiger partial charge in [-0.25, -0.2) is 4.98 Å². The van der Waals surface area contributed by atoms with Crippen LogP contribution in [-0.4, -0.2) is 22.5 Å². The van der Waals surface area contributed by atoms with E-state index in [0.717, 1.165) is 11.5 Å². The van der Waals surface area contributed by atoms with Crippen molar-refractivity contribution in [1.82, 2.24) is 4.98 Å². The Hall–Kier alpha value is -1.21. The average molecular weight is 261 g/mol. The lowest BCUT2D eigenvalue weighted by Gasteiger charge is -2.31. The molecule has 1 saturated carbocycles. The summed E-state index contributed by atoms with van der Waals surface area (Å²) < 4.78 is 0. The first kappa shape index (κ1) is 13.2. The van der Waals surface area contributed by atoms with Crippen LogP contribution in [-0.2, 0) is 0 Å². The van der Waals surface area contributed by atoms with Crippen LogP contribution in [0.15, 0.2) is 12.1 Å². The third-order valence-electron chi connectivity index (χ3n) is 3.42. The Morgan fingerprint density at radius 3 is 2.89 bits per heavy atom. The lowest BCUT2D eigenvalue weighted by Crippen LogP contribution is -2.34. The number of nitrogens with zero attached hydrogens (tertiary/aromatic N) is 2. The van der Waals surface area contributed by atoms with Crippen molar-refractivity contribution >= 4 is 17.6 Å². The number of nitriles is 1. The molecule has 1 aromatic heterocycles. The lowest BCUT2D eigenvalue weighted by molar-refractivity contribution is 0.474. The summed E-state index contributed by atoms with van der Waals surface area (Å²) >= 11 is 1.93. The SMILES string of the molecule is CSC1CCCCC1Nc1cc(C#N)cc(C)n1. The van der Waals surface area contributed by atoms with E-state index in [2.05, 4.69) is 22.6 Å². The van der Waals surface area contributed by atoms with Crippen molar-refractivity contribution < 1.29 is 0 Å². The van der Waals surface area contributed by atoms with E-state index >= 15 is 0 Å². The third-order valence-corrected chi connectivity index (χ3v) is 4.59. The molecule has 0 aromatic carbocycles. The minimum Gasteiger partial charge on any atom is -0.366 e. The van der Waals surface area contributed by atoms with Gasteiger partial charge in [-0.15, -0.1) is 0 Å². The maximum absolute atomic E-state index is 8.98.